The SMILES string of the molecule is c1ccc2cc(-c3nc(-c4cc5ccccc5o4)nc(-c4cccc5c4sc4ccccc45)n3)ccc2c1. The Morgan fingerprint density at radius 2 is 1.26 bits per heavy atom. The van der Waals surface area contributed by atoms with Gasteiger partial charge in [0.25, 0.3) is 0 Å². The fraction of sp³-hybridized carbons (Fsp3) is 0. The van der Waals surface area contributed by atoms with E-state index < -0.39 is 0 Å². The van der Waals surface area contributed by atoms with Crippen molar-refractivity contribution in [3.05, 3.63) is 115 Å². The molecule has 0 bridgehead atoms. The van der Waals surface area contributed by atoms with Gasteiger partial charge >= 0.3 is 0 Å². The van der Waals surface area contributed by atoms with Crippen LogP contribution in [0.2, 0.25) is 0 Å². The van der Waals surface area contributed by atoms with E-state index in [1.165, 1.54) is 25.6 Å². The summed E-state index contributed by atoms with van der Waals surface area (Å²) in [5.74, 6) is 2.40. The van der Waals surface area contributed by atoms with Gasteiger partial charge in [0.05, 0.1) is 0 Å². The molecule has 0 unspecified atom stereocenters. The van der Waals surface area contributed by atoms with Crippen LogP contribution in [0.1, 0.15) is 0 Å². The van der Waals surface area contributed by atoms with Crippen LogP contribution in [0, 0.1) is 0 Å². The molecule has 0 atom stereocenters. The van der Waals surface area contributed by atoms with E-state index in [4.69, 9.17) is 19.4 Å². The van der Waals surface area contributed by atoms with Gasteiger partial charge in [-0.2, -0.15) is 0 Å². The normalized spacial score (nSPS) is 11.7. The Kier molecular flexibility index (Phi) is 4.66. The average molecular weight is 506 g/mol. The molecular formula is C33H19N3OS. The molecule has 5 aromatic carbocycles. The quantitative estimate of drug-likeness (QED) is 0.240. The summed E-state index contributed by atoms with van der Waals surface area (Å²) in [5.41, 5.74) is 2.74. The number of aromatic nitrogens is 3. The zero-order chi connectivity index (χ0) is 25.1. The highest BCUT2D eigenvalue weighted by molar-refractivity contribution is 7.26. The first-order chi connectivity index (χ1) is 18.8. The van der Waals surface area contributed by atoms with Gasteiger partial charge in [0.15, 0.2) is 23.2 Å². The Hall–Kier alpha value is -4.87. The van der Waals surface area contributed by atoms with Gasteiger partial charge in [-0.1, -0.05) is 84.9 Å². The molecule has 0 radical (unpaired) electrons. The van der Waals surface area contributed by atoms with Crippen molar-refractivity contribution in [2.24, 2.45) is 0 Å². The molecule has 178 valence electrons. The number of rotatable bonds is 3. The average Bonchev–Trinajstić information content (AvgIpc) is 3.58. The van der Waals surface area contributed by atoms with Crippen molar-refractivity contribution in [3.63, 3.8) is 0 Å². The van der Waals surface area contributed by atoms with E-state index in [-0.39, 0.29) is 0 Å². The Balaban J connectivity index is 1.39. The number of furan rings is 1. The number of para-hydroxylation sites is 1. The van der Waals surface area contributed by atoms with Crippen LogP contribution >= 0.6 is 11.3 Å². The molecule has 0 aliphatic heterocycles. The Labute approximate surface area is 221 Å². The summed E-state index contributed by atoms with van der Waals surface area (Å²) >= 11 is 1.77. The zero-order valence-electron chi connectivity index (χ0n) is 20.1. The van der Waals surface area contributed by atoms with E-state index in [1.807, 2.05) is 42.5 Å². The second kappa shape index (κ2) is 8.33. The molecule has 0 amide bonds. The maximum absolute atomic E-state index is 6.19. The van der Waals surface area contributed by atoms with E-state index >= 15 is 0 Å². The number of hydrogen-bond donors (Lipinski definition) is 0. The molecule has 8 aromatic rings. The second-order valence-electron chi connectivity index (χ2n) is 9.30. The maximum atomic E-state index is 6.19. The van der Waals surface area contributed by atoms with Gasteiger partial charge in [0.1, 0.15) is 5.58 Å². The molecule has 0 N–H and O–H groups in total. The van der Waals surface area contributed by atoms with E-state index in [0.29, 0.717) is 23.2 Å². The molecule has 0 spiro atoms. The van der Waals surface area contributed by atoms with Gasteiger partial charge < -0.3 is 4.42 Å². The molecule has 0 saturated carbocycles. The summed E-state index contributed by atoms with van der Waals surface area (Å²) in [7, 11) is 0. The first kappa shape index (κ1) is 21.2. The lowest BCUT2D eigenvalue weighted by Gasteiger charge is -2.08. The molecule has 8 rings (SSSR count). The molecular weight excluding hydrogens is 486 g/mol. The molecule has 3 heterocycles. The third-order valence-corrected chi connectivity index (χ3v) is 8.15. The maximum Gasteiger partial charge on any atom is 0.199 e. The van der Waals surface area contributed by atoms with E-state index in [0.717, 1.165) is 27.5 Å². The van der Waals surface area contributed by atoms with E-state index in [2.05, 4.69) is 72.8 Å². The lowest BCUT2D eigenvalue weighted by molar-refractivity contribution is 0.625. The minimum atomic E-state index is 0.521. The summed E-state index contributed by atoms with van der Waals surface area (Å²) < 4.78 is 8.60. The Morgan fingerprint density at radius 1 is 0.526 bits per heavy atom. The van der Waals surface area contributed by atoms with Gasteiger partial charge in [-0.3, -0.25) is 0 Å². The van der Waals surface area contributed by atoms with Crippen molar-refractivity contribution < 1.29 is 4.42 Å². The van der Waals surface area contributed by atoms with Crippen LogP contribution in [-0.4, -0.2) is 15.0 Å². The van der Waals surface area contributed by atoms with Gasteiger partial charge in [-0.15, -0.1) is 11.3 Å². The Morgan fingerprint density at radius 3 is 2.18 bits per heavy atom. The van der Waals surface area contributed by atoms with Crippen molar-refractivity contribution in [3.8, 4) is 34.4 Å². The van der Waals surface area contributed by atoms with Crippen LogP contribution < -0.4 is 0 Å². The van der Waals surface area contributed by atoms with Crippen LogP contribution in [0.3, 0.4) is 0 Å². The van der Waals surface area contributed by atoms with Gasteiger partial charge in [0.2, 0.25) is 0 Å². The summed E-state index contributed by atoms with van der Waals surface area (Å²) in [6.07, 6.45) is 0. The molecule has 0 fully saturated rings. The standard InChI is InChI=1S/C33H19N3OS/c1-2-9-21-18-23(17-16-20(21)8-1)31-34-32(36-33(35-31)28-19-22-10-3-5-14-27(22)37-28)26-13-7-12-25-24-11-4-6-15-29(24)38-30(25)26/h1-19H. The Bertz CT molecular complexity index is 2120. The van der Waals surface area contributed by atoms with Crippen LogP contribution in [0.5, 0.6) is 0 Å². The van der Waals surface area contributed by atoms with Crippen LogP contribution in [0.25, 0.3) is 76.3 Å². The first-order valence-corrected chi connectivity index (χ1v) is 13.3. The van der Waals surface area contributed by atoms with Crippen molar-refractivity contribution in [1.29, 1.82) is 0 Å². The molecule has 0 aliphatic rings. The first-order valence-electron chi connectivity index (χ1n) is 12.4. The second-order valence-corrected chi connectivity index (χ2v) is 10.3. The van der Waals surface area contributed by atoms with Gasteiger partial charge in [-0.05, 0) is 41.1 Å². The number of hydrogen-bond acceptors (Lipinski definition) is 5. The molecule has 5 heteroatoms. The van der Waals surface area contributed by atoms with E-state index in [9.17, 15) is 0 Å². The number of benzene rings is 5. The summed E-state index contributed by atoms with van der Waals surface area (Å²) in [5, 5.41) is 5.79. The molecule has 3 aromatic heterocycles. The van der Waals surface area contributed by atoms with Crippen molar-refractivity contribution in [2.45, 2.75) is 0 Å². The number of fused-ring (bicyclic) bond motifs is 5. The lowest BCUT2D eigenvalue weighted by Crippen LogP contribution is -1.99. The van der Waals surface area contributed by atoms with Crippen LogP contribution in [0.15, 0.2) is 120 Å². The molecule has 0 saturated heterocycles. The molecule has 38 heavy (non-hydrogen) atoms. The monoisotopic (exact) mass is 505 g/mol. The van der Waals surface area contributed by atoms with Crippen molar-refractivity contribution in [2.75, 3.05) is 0 Å². The van der Waals surface area contributed by atoms with Crippen LogP contribution in [0.4, 0.5) is 0 Å². The third-order valence-electron chi connectivity index (χ3n) is 6.93. The summed E-state index contributed by atoms with van der Waals surface area (Å²) in [6.45, 7) is 0. The van der Waals surface area contributed by atoms with Gasteiger partial charge in [0, 0.05) is 36.7 Å². The summed E-state index contributed by atoms with van der Waals surface area (Å²) in [6, 6.07) is 39.5. The van der Waals surface area contributed by atoms with Gasteiger partial charge in [-0.25, -0.2) is 15.0 Å². The van der Waals surface area contributed by atoms with Crippen molar-refractivity contribution >= 4 is 53.3 Å². The summed E-state index contributed by atoms with van der Waals surface area (Å²) in [4.78, 5) is 14.9. The minimum Gasteiger partial charge on any atom is -0.453 e. The molecule has 4 nitrogen and oxygen atoms in total. The predicted octanol–water partition coefficient (Wildman–Crippen LogP) is 9.14. The highest BCUT2D eigenvalue weighted by atomic mass is 32.1. The van der Waals surface area contributed by atoms with Crippen molar-refractivity contribution in [1.82, 2.24) is 15.0 Å². The predicted molar refractivity (Wildman–Crippen MR) is 156 cm³/mol. The lowest BCUT2D eigenvalue weighted by atomic mass is 10.1. The molecule has 0 aliphatic carbocycles. The van der Waals surface area contributed by atoms with E-state index in [1.54, 1.807) is 11.3 Å². The number of thiophene rings is 1. The largest absolute Gasteiger partial charge is 0.453 e. The highest BCUT2D eigenvalue weighted by Gasteiger charge is 2.18. The fourth-order valence-corrected chi connectivity index (χ4v) is 6.29. The topological polar surface area (TPSA) is 51.8 Å². The van der Waals surface area contributed by atoms with Crippen LogP contribution in [-0.2, 0) is 0 Å². The smallest absolute Gasteiger partial charge is 0.199 e. The fourth-order valence-electron chi connectivity index (χ4n) is 5.08. The minimum absolute atomic E-state index is 0.521. The zero-order valence-corrected chi connectivity index (χ0v) is 20.9. The number of nitrogens with zero attached hydrogens (tertiary/aromatic N) is 3. The third kappa shape index (κ3) is 3.40. The highest BCUT2D eigenvalue weighted by Crippen LogP contribution is 2.39.